The third-order valence-electron chi connectivity index (χ3n) is 2.75. The molecule has 2 aromatic rings. The normalized spacial score (nSPS) is 12.4. The first-order chi connectivity index (χ1) is 9.13. The van der Waals surface area contributed by atoms with Crippen LogP contribution in [0.5, 0.6) is 0 Å². The molecule has 0 saturated heterocycles. The third kappa shape index (κ3) is 3.16. The summed E-state index contributed by atoms with van der Waals surface area (Å²) in [6.45, 7) is 2.53. The van der Waals surface area contributed by atoms with Crippen LogP contribution in [0.4, 0.5) is 8.78 Å². The first-order valence-corrected chi connectivity index (χ1v) is 6.71. The van der Waals surface area contributed by atoms with Crippen molar-refractivity contribution in [2.75, 3.05) is 6.54 Å². The number of halogens is 3. The van der Waals surface area contributed by atoms with E-state index in [0.717, 1.165) is 10.5 Å². The van der Waals surface area contributed by atoms with Crippen molar-refractivity contribution in [2.45, 2.75) is 13.0 Å². The first kappa shape index (κ1) is 14.1. The van der Waals surface area contributed by atoms with Crippen molar-refractivity contribution in [3.8, 4) is 0 Å². The lowest BCUT2D eigenvalue weighted by molar-refractivity contribution is 0.481. The summed E-state index contributed by atoms with van der Waals surface area (Å²) < 4.78 is 28.1. The van der Waals surface area contributed by atoms with Gasteiger partial charge in [0, 0.05) is 16.2 Å². The highest BCUT2D eigenvalue weighted by atomic mass is 79.9. The summed E-state index contributed by atoms with van der Waals surface area (Å²) in [6, 6.07) is 7.31. The number of nitrogens with zero attached hydrogens (tertiary/aromatic N) is 1. The van der Waals surface area contributed by atoms with E-state index in [4.69, 9.17) is 0 Å². The molecule has 0 bridgehead atoms. The molecule has 1 aromatic carbocycles. The molecule has 1 heterocycles. The van der Waals surface area contributed by atoms with Gasteiger partial charge in [0.25, 0.3) is 0 Å². The summed E-state index contributed by atoms with van der Waals surface area (Å²) in [5.41, 5.74) is 0.909. The Labute approximate surface area is 119 Å². The van der Waals surface area contributed by atoms with E-state index in [9.17, 15) is 8.78 Å². The molecule has 0 spiro atoms. The Morgan fingerprint density at radius 2 is 2.05 bits per heavy atom. The van der Waals surface area contributed by atoms with Gasteiger partial charge in [-0.15, -0.1) is 0 Å². The summed E-state index contributed by atoms with van der Waals surface area (Å²) in [5, 5.41) is 3.12. The molecule has 2 nitrogen and oxygen atoms in total. The molecule has 1 atom stereocenters. The predicted molar refractivity (Wildman–Crippen MR) is 73.8 cm³/mol. The number of hydrogen-bond acceptors (Lipinski definition) is 2. The molecule has 0 aliphatic heterocycles. The van der Waals surface area contributed by atoms with Crippen molar-refractivity contribution in [3.63, 3.8) is 0 Å². The van der Waals surface area contributed by atoms with Crippen LogP contribution < -0.4 is 5.32 Å². The number of aromatic nitrogens is 1. The SMILES string of the molecule is CCNC(c1ccc(Br)cn1)c1cccc(F)c1F. The summed E-state index contributed by atoms with van der Waals surface area (Å²) in [4.78, 5) is 4.25. The minimum atomic E-state index is -0.850. The average Bonchev–Trinajstić information content (AvgIpc) is 2.41. The Bertz CT molecular complexity index is 558. The first-order valence-electron chi connectivity index (χ1n) is 5.92. The Hall–Kier alpha value is -1.33. The predicted octanol–water partition coefficient (Wildman–Crippen LogP) is 3.82. The van der Waals surface area contributed by atoms with Crippen LogP contribution in [0.15, 0.2) is 41.0 Å². The van der Waals surface area contributed by atoms with Gasteiger partial charge >= 0.3 is 0 Å². The summed E-state index contributed by atoms with van der Waals surface area (Å²) in [6.07, 6.45) is 1.64. The van der Waals surface area contributed by atoms with Gasteiger partial charge in [0.1, 0.15) is 0 Å². The maximum absolute atomic E-state index is 13.9. The minimum Gasteiger partial charge on any atom is -0.305 e. The van der Waals surface area contributed by atoms with Crippen molar-refractivity contribution < 1.29 is 8.78 Å². The van der Waals surface area contributed by atoms with Gasteiger partial charge in [-0.1, -0.05) is 19.1 Å². The zero-order valence-corrected chi connectivity index (χ0v) is 11.9. The molecule has 1 unspecified atom stereocenters. The Kier molecular flexibility index (Phi) is 4.61. The molecular formula is C14H13BrF2N2. The number of benzene rings is 1. The monoisotopic (exact) mass is 326 g/mol. The van der Waals surface area contributed by atoms with Gasteiger partial charge in [-0.25, -0.2) is 8.78 Å². The fraction of sp³-hybridized carbons (Fsp3) is 0.214. The van der Waals surface area contributed by atoms with Crippen LogP contribution in [-0.4, -0.2) is 11.5 Å². The van der Waals surface area contributed by atoms with E-state index in [1.165, 1.54) is 6.07 Å². The van der Waals surface area contributed by atoms with Crippen LogP contribution in [0.1, 0.15) is 24.2 Å². The Morgan fingerprint density at radius 1 is 1.26 bits per heavy atom. The van der Waals surface area contributed by atoms with E-state index in [1.807, 2.05) is 13.0 Å². The lowest BCUT2D eigenvalue weighted by atomic mass is 10.0. The maximum Gasteiger partial charge on any atom is 0.163 e. The van der Waals surface area contributed by atoms with Crippen molar-refractivity contribution >= 4 is 15.9 Å². The third-order valence-corrected chi connectivity index (χ3v) is 3.22. The van der Waals surface area contributed by atoms with E-state index in [1.54, 1.807) is 18.3 Å². The summed E-state index contributed by atoms with van der Waals surface area (Å²) in [7, 11) is 0. The molecule has 5 heteroatoms. The molecule has 0 aliphatic carbocycles. The topological polar surface area (TPSA) is 24.9 Å². The molecule has 0 radical (unpaired) electrons. The molecule has 2 rings (SSSR count). The average molecular weight is 327 g/mol. The van der Waals surface area contributed by atoms with Crippen molar-refractivity contribution in [3.05, 3.63) is 63.9 Å². The van der Waals surface area contributed by atoms with Gasteiger partial charge < -0.3 is 5.32 Å². The highest BCUT2D eigenvalue weighted by molar-refractivity contribution is 9.10. The molecule has 0 aliphatic rings. The van der Waals surface area contributed by atoms with Gasteiger partial charge in [0.15, 0.2) is 11.6 Å². The van der Waals surface area contributed by atoms with Gasteiger partial charge in [0.2, 0.25) is 0 Å². The van der Waals surface area contributed by atoms with E-state index in [2.05, 4.69) is 26.2 Å². The zero-order chi connectivity index (χ0) is 13.8. The number of hydrogen-bond donors (Lipinski definition) is 1. The number of rotatable bonds is 4. The van der Waals surface area contributed by atoms with Crippen LogP contribution in [0, 0.1) is 11.6 Å². The van der Waals surface area contributed by atoms with E-state index in [0.29, 0.717) is 12.2 Å². The van der Waals surface area contributed by atoms with Crippen LogP contribution in [0.2, 0.25) is 0 Å². The van der Waals surface area contributed by atoms with Crippen LogP contribution in [-0.2, 0) is 0 Å². The molecule has 19 heavy (non-hydrogen) atoms. The van der Waals surface area contributed by atoms with Gasteiger partial charge in [-0.2, -0.15) is 0 Å². The second-order valence-corrected chi connectivity index (χ2v) is 4.95. The highest BCUT2D eigenvalue weighted by Gasteiger charge is 2.20. The Morgan fingerprint density at radius 3 is 2.68 bits per heavy atom. The molecule has 1 N–H and O–H groups in total. The standard InChI is InChI=1S/C14H13BrF2N2/c1-2-18-14(12-7-6-9(15)8-19-12)10-4-3-5-11(16)13(10)17/h3-8,14,18H,2H2,1H3. The fourth-order valence-electron chi connectivity index (χ4n) is 1.88. The lowest BCUT2D eigenvalue weighted by Gasteiger charge is -2.18. The molecule has 0 amide bonds. The lowest BCUT2D eigenvalue weighted by Crippen LogP contribution is -2.24. The summed E-state index contributed by atoms with van der Waals surface area (Å²) >= 11 is 3.30. The number of nitrogens with one attached hydrogen (secondary N) is 1. The van der Waals surface area contributed by atoms with Crippen LogP contribution >= 0.6 is 15.9 Å². The Balaban J connectivity index is 2.45. The highest BCUT2D eigenvalue weighted by Crippen LogP contribution is 2.25. The van der Waals surface area contributed by atoms with Crippen molar-refractivity contribution in [1.82, 2.24) is 10.3 Å². The van der Waals surface area contributed by atoms with E-state index >= 15 is 0 Å². The van der Waals surface area contributed by atoms with Crippen LogP contribution in [0.25, 0.3) is 0 Å². The molecular weight excluding hydrogens is 314 g/mol. The molecule has 0 saturated carbocycles. The fourth-order valence-corrected chi connectivity index (χ4v) is 2.11. The summed E-state index contributed by atoms with van der Waals surface area (Å²) in [5.74, 6) is -1.68. The van der Waals surface area contributed by atoms with Gasteiger partial charge in [-0.3, -0.25) is 4.98 Å². The second-order valence-electron chi connectivity index (χ2n) is 4.04. The van der Waals surface area contributed by atoms with Crippen molar-refractivity contribution in [2.24, 2.45) is 0 Å². The van der Waals surface area contributed by atoms with Crippen LogP contribution in [0.3, 0.4) is 0 Å². The minimum absolute atomic E-state index is 0.261. The molecule has 0 fully saturated rings. The zero-order valence-electron chi connectivity index (χ0n) is 10.3. The van der Waals surface area contributed by atoms with Crippen molar-refractivity contribution in [1.29, 1.82) is 0 Å². The molecule has 1 aromatic heterocycles. The largest absolute Gasteiger partial charge is 0.305 e. The van der Waals surface area contributed by atoms with Gasteiger partial charge in [0.05, 0.1) is 11.7 Å². The smallest absolute Gasteiger partial charge is 0.163 e. The second kappa shape index (κ2) is 6.21. The van der Waals surface area contributed by atoms with Gasteiger partial charge in [-0.05, 0) is 40.7 Å². The quantitative estimate of drug-likeness (QED) is 0.923. The molecule has 100 valence electrons. The van der Waals surface area contributed by atoms with E-state index in [-0.39, 0.29) is 5.56 Å². The number of pyridine rings is 1. The maximum atomic E-state index is 13.9. The van der Waals surface area contributed by atoms with E-state index < -0.39 is 17.7 Å².